The Hall–Kier alpha value is -0.0931. The molecule has 0 amide bonds. The standard InChI is InChI=1S/C5H10ClFO2Si/c1-10(2,3)9-5(8)4(6)7/h4H,1-3H3. The Morgan fingerprint density at radius 2 is 2.00 bits per heavy atom. The van der Waals surface area contributed by atoms with Crippen LogP contribution in [0.5, 0.6) is 0 Å². The molecule has 2 nitrogen and oxygen atoms in total. The van der Waals surface area contributed by atoms with Crippen LogP contribution in [-0.4, -0.2) is 19.9 Å². The molecule has 0 aliphatic heterocycles. The monoisotopic (exact) mass is 184 g/mol. The second-order valence-electron chi connectivity index (χ2n) is 2.83. The van der Waals surface area contributed by atoms with Crippen molar-refractivity contribution in [3.05, 3.63) is 0 Å². The Balaban J connectivity index is 3.81. The highest BCUT2D eigenvalue weighted by Gasteiger charge is 2.24. The summed E-state index contributed by atoms with van der Waals surface area (Å²) in [6, 6.07) is 0. The van der Waals surface area contributed by atoms with Gasteiger partial charge in [0.05, 0.1) is 0 Å². The molecule has 1 unspecified atom stereocenters. The minimum atomic E-state index is -2.02. The first kappa shape index (κ1) is 9.91. The van der Waals surface area contributed by atoms with E-state index in [9.17, 15) is 9.18 Å². The minimum Gasteiger partial charge on any atom is -0.517 e. The molecule has 0 fully saturated rings. The maximum atomic E-state index is 11.9. The third kappa shape index (κ3) is 4.75. The van der Waals surface area contributed by atoms with Crippen molar-refractivity contribution in [1.82, 2.24) is 0 Å². The average Bonchev–Trinajstić information content (AvgIpc) is 1.60. The van der Waals surface area contributed by atoms with Gasteiger partial charge in [0.25, 0.3) is 5.63 Å². The van der Waals surface area contributed by atoms with Gasteiger partial charge in [-0.05, 0) is 19.6 Å². The van der Waals surface area contributed by atoms with E-state index in [1.165, 1.54) is 0 Å². The lowest BCUT2D eigenvalue weighted by Gasteiger charge is -2.16. The van der Waals surface area contributed by atoms with E-state index in [-0.39, 0.29) is 0 Å². The maximum absolute atomic E-state index is 11.9. The van der Waals surface area contributed by atoms with Crippen molar-refractivity contribution in [1.29, 1.82) is 0 Å². The smallest absolute Gasteiger partial charge is 0.343 e. The lowest BCUT2D eigenvalue weighted by Crippen LogP contribution is -2.31. The molecule has 0 aliphatic carbocycles. The van der Waals surface area contributed by atoms with Crippen LogP contribution in [0.1, 0.15) is 0 Å². The van der Waals surface area contributed by atoms with Gasteiger partial charge in [-0.3, -0.25) is 0 Å². The van der Waals surface area contributed by atoms with Gasteiger partial charge in [0, 0.05) is 0 Å². The van der Waals surface area contributed by atoms with Crippen molar-refractivity contribution in [3.63, 3.8) is 0 Å². The fourth-order valence-corrected chi connectivity index (χ4v) is 1.17. The zero-order chi connectivity index (χ0) is 8.36. The first-order valence-corrected chi connectivity index (χ1v) is 6.68. The molecule has 0 radical (unpaired) electrons. The van der Waals surface area contributed by atoms with E-state index in [1.54, 1.807) is 19.6 Å². The van der Waals surface area contributed by atoms with Crippen LogP contribution >= 0.6 is 11.6 Å². The van der Waals surface area contributed by atoms with E-state index in [4.69, 9.17) is 16.0 Å². The van der Waals surface area contributed by atoms with Crippen molar-refractivity contribution in [3.8, 4) is 0 Å². The maximum Gasteiger partial charge on any atom is 0.343 e. The van der Waals surface area contributed by atoms with Crippen LogP contribution in [-0.2, 0) is 9.22 Å². The van der Waals surface area contributed by atoms with Crippen molar-refractivity contribution in [2.75, 3.05) is 0 Å². The molecular formula is C5H10ClFO2Si. The highest BCUT2D eigenvalue weighted by molar-refractivity contribution is 6.71. The molecule has 0 heterocycles. The van der Waals surface area contributed by atoms with E-state index in [1.807, 2.05) is 0 Å². The SMILES string of the molecule is C[Si](C)(C)OC(=O)C(F)Cl. The predicted molar refractivity (Wildman–Crippen MR) is 40.2 cm³/mol. The molecule has 0 aromatic rings. The summed E-state index contributed by atoms with van der Waals surface area (Å²) in [5.41, 5.74) is -2.02. The highest BCUT2D eigenvalue weighted by Crippen LogP contribution is 2.08. The van der Waals surface area contributed by atoms with Crippen LogP contribution in [0.2, 0.25) is 19.6 Å². The first-order chi connectivity index (χ1) is 4.33. The number of alkyl halides is 2. The Morgan fingerprint density at radius 1 is 1.60 bits per heavy atom. The van der Waals surface area contributed by atoms with Crippen molar-refractivity contribution < 1.29 is 13.6 Å². The number of carbonyl (C=O) groups excluding carboxylic acids is 1. The fraction of sp³-hybridized carbons (Fsp3) is 0.800. The Kier molecular flexibility index (Phi) is 3.31. The number of hydrogen-bond donors (Lipinski definition) is 0. The van der Waals surface area contributed by atoms with Crippen LogP contribution in [0.4, 0.5) is 4.39 Å². The number of halogens is 2. The van der Waals surface area contributed by atoms with E-state index in [0.717, 1.165) is 0 Å². The van der Waals surface area contributed by atoms with Gasteiger partial charge in [0.2, 0.25) is 8.32 Å². The third-order valence-electron chi connectivity index (χ3n) is 0.585. The molecule has 1 atom stereocenters. The number of carbonyl (C=O) groups is 1. The summed E-state index contributed by atoms with van der Waals surface area (Å²) in [7, 11) is -1.96. The molecule has 0 saturated heterocycles. The first-order valence-electron chi connectivity index (χ1n) is 2.84. The highest BCUT2D eigenvalue weighted by atomic mass is 35.5. The van der Waals surface area contributed by atoms with Gasteiger partial charge in [-0.25, -0.2) is 9.18 Å². The molecule has 0 aliphatic rings. The Morgan fingerprint density at radius 3 is 2.10 bits per heavy atom. The molecule has 60 valence electrons. The molecule has 5 heteroatoms. The van der Waals surface area contributed by atoms with Crippen molar-refractivity contribution >= 4 is 25.9 Å². The summed E-state index contributed by atoms with van der Waals surface area (Å²) in [5.74, 6) is -0.971. The zero-order valence-electron chi connectivity index (χ0n) is 6.15. The summed E-state index contributed by atoms with van der Waals surface area (Å²) < 4.78 is 16.6. The zero-order valence-corrected chi connectivity index (χ0v) is 7.91. The van der Waals surface area contributed by atoms with Crippen LogP contribution in [0.25, 0.3) is 0 Å². The lowest BCUT2D eigenvalue weighted by atomic mass is 10.8. The third-order valence-corrected chi connectivity index (χ3v) is 1.58. The molecule has 0 aromatic heterocycles. The van der Waals surface area contributed by atoms with Crippen LogP contribution < -0.4 is 0 Å². The van der Waals surface area contributed by atoms with Crippen molar-refractivity contribution in [2.45, 2.75) is 25.3 Å². The normalized spacial score (nSPS) is 14.5. The van der Waals surface area contributed by atoms with Gasteiger partial charge in [-0.2, -0.15) is 0 Å². The van der Waals surface area contributed by atoms with Gasteiger partial charge in [-0.1, -0.05) is 11.6 Å². The fourth-order valence-electron chi connectivity index (χ4n) is 0.346. The van der Waals surface area contributed by atoms with E-state index in [2.05, 4.69) is 0 Å². The summed E-state index contributed by atoms with van der Waals surface area (Å²) in [5, 5.41) is 0. The molecule has 0 saturated carbocycles. The van der Waals surface area contributed by atoms with Gasteiger partial charge >= 0.3 is 5.97 Å². The molecule has 0 N–H and O–H groups in total. The van der Waals surface area contributed by atoms with E-state index >= 15 is 0 Å². The number of rotatable bonds is 2. The molecule has 0 aromatic carbocycles. The van der Waals surface area contributed by atoms with Gasteiger partial charge in [-0.15, -0.1) is 0 Å². The average molecular weight is 185 g/mol. The molecule has 0 spiro atoms. The lowest BCUT2D eigenvalue weighted by molar-refractivity contribution is -0.137. The summed E-state index contributed by atoms with van der Waals surface area (Å²) in [6.07, 6.45) is 0. The van der Waals surface area contributed by atoms with E-state index < -0.39 is 19.9 Å². The Labute approximate surface area is 65.4 Å². The topological polar surface area (TPSA) is 26.3 Å². The van der Waals surface area contributed by atoms with Crippen LogP contribution in [0.15, 0.2) is 0 Å². The summed E-state index contributed by atoms with van der Waals surface area (Å²) in [6.45, 7) is 5.35. The summed E-state index contributed by atoms with van der Waals surface area (Å²) >= 11 is 4.82. The molecule has 0 bridgehead atoms. The van der Waals surface area contributed by atoms with Crippen LogP contribution in [0.3, 0.4) is 0 Å². The predicted octanol–water partition coefficient (Wildman–Crippen LogP) is 1.90. The largest absolute Gasteiger partial charge is 0.517 e. The molecule has 0 rings (SSSR count). The van der Waals surface area contributed by atoms with Crippen LogP contribution in [0, 0.1) is 0 Å². The summed E-state index contributed by atoms with van der Waals surface area (Å²) in [4.78, 5) is 10.5. The molecule has 10 heavy (non-hydrogen) atoms. The van der Waals surface area contributed by atoms with Gasteiger partial charge in [0.1, 0.15) is 0 Å². The Bertz CT molecular complexity index is 132. The van der Waals surface area contributed by atoms with Crippen molar-refractivity contribution in [2.24, 2.45) is 0 Å². The molecular weight excluding hydrogens is 175 g/mol. The second-order valence-corrected chi connectivity index (χ2v) is 7.65. The quantitative estimate of drug-likeness (QED) is 0.484. The second kappa shape index (κ2) is 3.34. The van der Waals surface area contributed by atoms with E-state index in [0.29, 0.717) is 0 Å². The number of hydrogen-bond acceptors (Lipinski definition) is 2. The minimum absolute atomic E-state index is 0.971. The van der Waals surface area contributed by atoms with Gasteiger partial charge in [0.15, 0.2) is 0 Å². The van der Waals surface area contributed by atoms with Gasteiger partial charge < -0.3 is 4.43 Å².